The van der Waals surface area contributed by atoms with E-state index in [0.29, 0.717) is 24.1 Å². The SMILES string of the molecule is CCOC(=O)C1CCCC2(CCN(c3cc(Nc4cc(OC(F)(F)F)ccn4)nc(-c4cccnc4C)n3)C2)C1. The number of hydrogen-bond acceptors (Lipinski definition) is 9. The van der Waals surface area contributed by atoms with Crippen LogP contribution >= 0.6 is 0 Å². The molecule has 0 amide bonds. The molecule has 2 aliphatic rings. The van der Waals surface area contributed by atoms with Gasteiger partial charge >= 0.3 is 12.3 Å². The summed E-state index contributed by atoms with van der Waals surface area (Å²) < 4.78 is 47.6. The maximum Gasteiger partial charge on any atom is 0.573 e. The van der Waals surface area contributed by atoms with Crippen LogP contribution in [0.1, 0.15) is 44.7 Å². The van der Waals surface area contributed by atoms with Gasteiger partial charge in [-0.15, -0.1) is 13.2 Å². The fraction of sp³-hybridized carbons (Fsp3) is 0.464. The van der Waals surface area contributed by atoms with Crippen LogP contribution in [0.15, 0.2) is 42.7 Å². The minimum atomic E-state index is -4.82. The van der Waals surface area contributed by atoms with E-state index in [2.05, 4.69) is 29.9 Å². The zero-order valence-electron chi connectivity index (χ0n) is 22.4. The summed E-state index contributed by atoms with van der Waals surface area (Å²) in [5, 5.41) is 3.01. The van der Waals surface area contributed by atoms with E-state index >= 15 is 0 Å². The highest BCUT2D eigenvalue weighted by Gasteiger charge is 2.44. The molecule has 2 fully saturated rings. The third-order valence-corrected chi connectivity index (χ3v) is 7.50. The van der Waals surface area contributed by atoms with Crippen LogP contribution in [0.3, 0.4) is 0 Å². The van der Waals surface area contributed by atoms with E-state index in [1.807, 2.05) is 19.9 Å². The molecule has 5 rings (SSSR count). The van der Waals surface area contributed by atoms with Crippen LogP contribution < -0.4 is 15.0 Å². The lowest BCUT2D eigenvalue weighted by molar-refractivity contribution is -0.274. The molecule has 40 heavy (non-hydrogen) atoms. The zero-order valence-corrected chi connectivity index (χ0v) is 22.4. The van der Waals surface area contributed by atoms with Crippen LogP contribution in [-0.4, -0.2) is 52.0 Å². The molecular formula is C28H31F3N6O3. The van der Waals surface area contributed by atoms with Crippen LogP contribution in [-0.2, 0) is 9.53 Å². The summed E-state index contributed by atoms with van der Waals surface area (Å²) in [5.74, 6) is 1.01. The molecule has 3 aromatic rings. The van der Waals surface area contributed by atoms with E-state index in [-0.39, 0.29) is 23.1 Å². The number of rotatable bonds is 7. The Kier molecular flexibility index (Phi) is 7.77. The Labute approximate surface area is 230 Å². The van der Waals surface area contributed by atoms with Crippen molar-refractivity contribution in [1.82, 2.24) is 19.9 Å². The van der Waals surface area contributed by atoms with Crippen molar-refractivity contribution in [3.8, 4) is 17.1 Å². The lowest BCUT2D eigenvalue weighted by Crippen LogP contribution is -2.35. The highest BCUT2D eigenvalue weighted by molar-refractivity contribution is 5.72. The van der Waals surface area contributed by atoms with Crippen molar-refractivity contribution < 1.29 is 27.4 Å². The maximum atomic E-state index is 12.7. The molecule has 0 aromatic carbocycles. The van der Waals surface area contributed by atoms with Gasteiger partial charge in [-0.05, 0) is 63.1 Å². The number of carbonyl (C=O) groups excluding carboxylic acids is 1. The second-order valence-corrected chi connectivity index (χ2v) is 10.3. The van der Waals surface area contributed by atoms with Gasteiger partial charge < -0.3 is 19.7 Å². The molecule has 9 nitrogen and oxygen atoms in total. The number of ether oxygens (including phenoxy) is 2. The quantitative estimate of drug-likeness (QED) is 0.360. The van der Waals surface area contributed by atoms with Crippen LogP contribution in [0, 0.1) is 18.3 Å². The van der Waals surface area contributed by atoms with Crippen LogP contribution in [0.2, 0.25) is 0 Å². The summed E-state index contributed by atoms with van der Waals surface area (Å²) in [6, 6.07) is 7.72. The Balaban J connectivity index is 1.44. The number of esters is 1. The van der Waals surface area contributed by atoms with E-state index < -0.39 is 12.1 Å². The third-order valence-electron chi connectivity index (χ3n) is 7.50. The number of carbonyl (C=O) groups is 1. The van der Waals surface area contributed by atoms with Gasteiger partial charge in [-0.3, -0.25) is 9.78 Å². The molecule has 2 unspecified atom stereocenters. The van der Waals surface area contributed by atoms with Gasteiger partial charge in [0.05, 0.1) is 12.5 Å². The molecule has 1 N–H and O–H groups in total. The van der Waals surface area contributed by atoms with Gasteiger partial charge in [-0.1, -0.05) is 6.42 Å². The van der Waals surface area contributed by atoms with Crippen molar-refractivity contribution in [2.75, 3.05) is 29.9 Å². The van der Waals surface area contributed by atoms with Gasteiger partial charge in [0.2, 0.25) is 0 Å². The fourth-order valence-corrected chi connectivity index (χ4v) is 5.72. The minimum absolute atomic E-state index is 0.0105. The Morgan fingerprint density at radius 2 is 2.00 bits per heavy atom. The number of hydrogen-bond donors (Lipinski definition) is 1. The third kappa shape index (κ3) is 6.43. The first-order valence-corrected chi connectivity index (χ1v) is 13.3. The first-order chi connectivity index (χ1) is 19.1. The number of nitrogens with one attached hydrogen (secondary N) is 1. The molecule has 1 spiro atoms. The molecule has 3 aromatic heterocycles. The van der Waals surface area contributed by atoms with Gasteiger partial charge in [0.25, 0.3) is 0 Å². The molecule has 12 heteroatoms. The van der Waals surface area contributed by atoms with E-state index in [9.17, 15) is 18.0 Å². The van der Waals surface area contributed by atoms with E-state index in [1.54, 1.807) is 18.3 Å². The summed E-state index contributed by atoms with van der Waals surface area (Å²) in [6.07, 6.45) is 2.64. The van der Waals surface area contributed by atoms with Gasteiger partial charge in [0.15, 0.2) is 5.82 Å². The first kappa shape index (κ1) is 27.6. The second-order valence-electron chi connectivity index (χ2n) is 10.3. The predicted octanol–water partition coefficient (Wildman–Crippen LogP) is 5.83. The van der Waals surface area contributed by atoms with Gasteiger partial charge in [-0.2, -0.15) is 0 Å². The normalized spacial score (nSPS) is 20.9. The number of halogens is 3. The Morgan fingerprint density at radius 3 is 2.77 bits per heavy atom. The molecule has 4 heterocycles. The number of nitrogens with zero attached hydrogens (tertiary/aromatic N) is 5. The molecule has 212 valence electrons. The monoisotopic (exact) mass is 556 g/mol. The second kappa shape index (κ2) is 11.3. The van der Waals surface area contributed by atoms with E-state index in [4.69, 9.17) is 9.72 Å². The lowest BCUT2D eigenvalue weighted by Gasteiger charge is -2.37. The van der Waals surface area contributed by atoms with E-state index in [0.717, 1.165) is 68.6 Å². The lowest BCUT2D eigenvalue weighted by atomic mass is 9.69. The van der Waals surface area contributed by atoms with Gasteiger partial charge in [0, 0.05) is 48.9 Å². The van der Waals surface area contributed by atoms with Crippen molar-refractivity contribution in [2.24, 2.45) is 11.3 Å². The average molecular weight is 557 g/mol. The Morgan fingerprint density at radius 1 is 1.15 bits per heavy atom. The summed E-state index contributed by atoms with van der Waals surface area (Å²) in [5.41, 5.74) is 1.47. The average Bonchev–Trinajstić information content (AvgIpc) is 3.31. The molecule has 1 saturated carbocycles. The number of pyridine rings is 2. The Bertz CT molecular complexity index is 1370. The van der Waals surface area contributed by atoms with E-state index in [1.165, 1.54) is 6.20 Å². The summed E-state index contributed by atoms with van der Waals surface area (Å²) in [4.78, 5) is 32.7. The predicted molar refractivity (Wildman–Crippen MR) is 142 cm³/mol. The van der Waals surface area contributed by atoms with Crippen molar-refractivity contribution in [3.63, 3.8) is 0 Å². The molecule has 1 aliphatic carbocycles. The molecular weight excluding hydrogens is 525 g/mol. The number of anilines is 3. The molecule has 2 atom stereocenters. The fourth-order valence-electron chi connectivity index (χ4n) is 5.72. The standard InChI is InChI=1S/C28H31F3N6O3/c1-3-39-26(38)19-6-4-9-27(16-19)10-13-37(17-27)24-15-23(35-25(36-24)21-7-5-11-32-18(21)2)34-22-14-20(8-12-33-22)40-28(29,30)31/h5,7-8,11-12,14-15,19H,3-4,6,9-10,13,16-17H2,1-2H3,(H,33,34,35,36). The number of aromatic nitrogens is 4. The molecule has 0 radical (unpaired) electrons. The van der Waals surface area contributed by atoms with Crippen molar-refractivity contribution in [3.05, 3.63) is 48.4 Å². The summed E-state index contributed by atoms with van der Waals surface area (Å²) >= 11 is 0. The summed E-state index contributed by atoms with van der Waals surface area (Å²) in [7, 11) is 0. The smallest absolute Gasteiger partial charge is 0.466 e. The zero-order chi connectivity index (χ0) is 28.3. The molecule has 0 bridgehead atoms. The maximum absolute atomic E-state index is 12.7. The highest BCUT2D eigenvalue weighted by atomic mass is 19.4. The first-order valence-electron chi connectivity index (χ1n) is 13.3. The minimum Gasteiger partial charge on any atom is -0.466 e. The molecule has 1 aliphatic heterocycles. The van der Waals surface area contributed by atoms with Gasteiger partial charge in [-0.25, -0.2) is 15.0 Å². The summed E-state index contributed by atoms with van der Waals surface area (Å²) in [6.45, 7) is 5.55. The van der Waals surface area contributed by atoms with Crippen LogP contribution in [0.25, 0.3) is 11.4 Å². The topological polar surface area (TPSA) is 102 Å². The van der Waals surface area contributed by atoms with Crippen molar-refractivity contribution in [2.45, 2.75) is 52.3 Å². The number of alkyl halides is 3. The highest BCUT2D eigenvalue weighted by Crippen LogP contribution is 2.47. The largest absolute Gasteiger partial charge is 0.573 e. The van der Waals surface area contributed by atoms with Gasteiger partial charge in [0.1, 0.15) is 23.2 Å². The van der Waals surface area contributed by atoms with Crippen LogP contribution in [0.5, 0.6) is 5.75 Å². The van der Waals surface area contributed by atoms with Crippen molar-refractivity contribution in [1.29, 1.82) is 0 Å². The van der Waals surface area contributed by atoms with Crippen LogP contribution in [0.4, 0.5) is 30.6 Å². The Hall–Kier alpha value is -3.96. The van der Waals surface area contributed by atoms with Crippen molar-refractivity contribution >= 4 is 23.4 Å². The molecule has 1 saturated heterocycles. The number of aryl methyl sites for hydroxylation is 1.